The normalized spacial score (nSPS) is 12.0. The number of rotatable bonds is 6. The zero-order valence-electron chi connectivity index (χ0n) is 29.9. The number of halogens is 1. The minimum absolute atomic E-state index is 0. The Kier molecular flexibility index (Phi) is 10.1. The van der Waals surface area contributed by atoms with Crippen LogP contribution >= 0.6 is 11.3 Å². The zero-order chi connectivity index (χ0) is 35.6. The van der Waals surface area contributed by atoms with Crippen molar-refractivity contribution in [3.05, 3.63) is 175 Å². The topological polar surface area (TPSA) is 25.8 Å². The number of hydrogen-bond acceptors (Lipinski definition) is 3. The minimum Gasteiger partial charge on any atom is -0.305 e. The molecule has 0 aliphatic rings. The monoisotopic (exact) mass is 865 g/mol. The number of pyridine rings is 2. The molecule has 0 saturated heterocycles. The molecule has 5 aromatic carbocycles. The minimum atomic E-state index is -1.87. The fourth-order valence-electron chi connectivity index (χ4n) is 5.77. The van der Waals surface area contributed by atoms with Gasteiger partial charge in [0.25, 0.3) is 0 Å². The number of benzene rings is 5. The van der Waals surface area contributed by atoms with Gasteiger partial charge in [-0.15, -0.1) is 59.7 Å². The van der Waals surface area contributed by atoms with Gasteiger partial charge in [0.2, 0.25) is 0 Å². The summed E-state index contributed by atoms with van der Waals surface area (Å²) in [6.07, 6.45) is 1.76. The summed E-state index contributed by atoms with van der Waals surface area (Å²) in [5.41, 5.74) is 6.56. The third-order valence-electron chi connectivity index (χ3n) is 8.29. The third kappa shape index (κ3) is 7.90. The van der Waals surface area contributed by atoms with Crippen LogP contribution in [0.25, 0.3) is 53.8 Å². The first-order chi connectivity index (χ1) is 24.6. The maximum atomic E-state index is 13.8. The van der Waals surface area contributed by atoms with E-state index in [-0.39, 0.29) is 25.7 Å². The van der Waals surface area contributed by atoms with Gasteiger partial charge in [0.1, 0.15) is 5.82 Å². The first kappa shape index (κ1) is 32.6. The van der Waals surface area contributed by atoms with Gasteiger partial charge >= 0.3 is 0 Å². The van der Waals surface area contributed by atoms with Crippen molar-refractivity contribution in [3.63, 3.8) is 0 Å². The van der Waals surface area contributed by atoms with Crippen molar-refractivity contribution in [2.24, 2.45) is 0 Å². The van der Waals surface area contributed by atoms with Crippen molar-refractivity contribution in [1.29, 1.82) is 0 Å². The van der Waals surface area contributed by atoms with Crippen LogP contribution < -0.4 is 5.19 Å². The Morgan fingerprint density at radius 3 is 2.28 bits per heavy atom. The zero-order valence-corrected chi connectivity index (χ0v) is 32.1. The Morgan fingerprint density at radius 2 is 1.54 bits per heavy atom. The standard InChI is InChI=1S/C30H19FNS.C14H16NSi.Ir/c31-23-10-4-7-20(18-23)17-21-15-16-32-27(19-21)25-12-5-13-26-29-24(22-8-2-1-3-9-22)11-6-14-28(29)33-30(25)26;1-16(2,3)13-9-10-14(15-11-13)12-7-5-4-6-8-12;/h1-11,13-16,18-19H,17H2;4-7,9-11H,1-3H3;/q2*-1;/i17D2;;. The van der Waals surface area contributed by atoms with Crippen LogP contribution in [0.2, 0.25) is 19.6 Å². The van der Waals surface area contributed by atoms with Gasteiger partial charge in [-0.25, -0.2) is 4.39 Å². The van der Waals surface area contributed by atoms with Crippen molar-refractivity contribution in [2.75, 3.05) is 0 Å². The molecule has 249 valence electrons. The predicted octanol–water partition coefficient (Wildman–Crippen LogP) is 11.4. The second kappa shape index (κ2) is 15.5. The van der Waals surface area contributed by atoms with E-state index < -0.39 is 20.3 Å². The Balaban J connectivity index is 0.000000230. The molecule has 2 nitrogen and oxygen atoms in total. The van der Waals surface area contributed by atoms with Crippen LogP contribution in [0.4, 0.5) is 4.39 Å². The van der Waals surface area contributed by atoms with Crippen molar-refractivity contribution in [3.8, 4) is 33.6 Å². The molecule has 6 heteroatoms. The number of aromatic nitrogens is 2. The van der Waals surface area contributed by atoms with Gasteiger partial charge in [0.15, 0.2) is 0 Å². The Morgan fingerprint density at radius 1 is 0.740 bits per heavy atom. The van der Waals surface area contributed by atoms with Crippen molar-refractivity contribution >= 4 is 44.8 Å². The largest absolute Gasteiger partial charge is 0.305 e. The van der Waals surface area contributed by atoms with Gasteiger partial charge < -0.3 is 9.97 Å². The van der Waals surface area contributed by atoms with E-state index in [9.17, 15) is 4.39 Å². The number of hydrogen-bond donors (Lipinski definition) is 0. The van der Waals surface area contributed by atoms with E-state index in [0.717, 1.165) is 32.5 Å². The third-order valence-corrected chi connectivity index (χ3v) is 11.5. The van der Waals surface area contributed by atoms with Crippen LogP contribution in [0.15, 0.2) is 146 Å². The summed E-state index contributed by atoms with van der Waals surface area (Å²) >= 11 is 1.69. The van der Waals surface area contributed by atoms with Crippen molar-refractivity contribution < 1.29 is 27.2 Å². The molecule has 0 atom stereocenters. The average molecular weight is 865 g/mol. The molecular formula is C44H35FIrN2SSi-2. The molecule has 0 fully saturated rings. The quantitative estimate of drug-likeness (QED) is 0.123. The summed E-state index contributed by atoms with van der Waals surface area (Å²) in [7, 11) is -1.23. The molecule has 1 radical (unpaired) electrons. The van der Waals surface area contributed by atoms with E-state index in [1.807, 2.05) is 54.7 Å². The smallest absolute Gasteiger partial charge is 0.123 e. The van der Waals surface area contributed by atoms with Crippen molar-refractivity contribution in [2.45, 2.75) is 26.0 Å². The first-order valence-corrected chi connectivity index (χ1v) is 20.5. The second-order valence-electron chi connectivity index (χ2n) is 12.8. The van der Waals surface area contributed by atoms with Gasteiger partial charge in [-0.05, 0) is 79.6 Å². The Labute approximate surface area is 314 Å². The molecule has 0 N–H and O–H groups in total. The molecule has 8 rings (SSSR count). The molecule has 50 heavy (non-hydrogen) atoms. The molecule has 0 unspecified atom stereocenters. The fourth-order valence-corrected chi connectivity index (χ4v) is 8.04. The van der Waals surface area contributed by atoms with Crippen LogP contribution in [0.3, 0.4) is 0 Å². The van der Waals surface area contributed by atoms with E-state index >= 15 is 0 Å². The predicted molar refractivity (Wildman–Crippen MR) is 208 cm³/mol. The van der Waals surface area contributed by atoms with E-state index in [4.69, 9.17) is 2.74 Å². The van der Waals surface area contributed by atoms with Gasteiger partial charge in [0, 0.05) is 39.9 Å². The summed E-state index contributed by atoms with van der Waals surface area (Å²) in [5, 5.41) is 3.71. The maximum absolute atomic E-state index is 13.8. The van der Waals surface area contributed by atoms with Gasteiger partial charge in [-0.2, -0.15) is 11.3 Å². The first-order valence-electron chi connectivity index (χ1n) is 17.2. The summed E-state index contributed by atoms with van der Waals surface area (Å²) in [4.78, 5) is 9.09. The molecule has 0 spiro atoms. The summed E-state index contributed by atoms with van der Waals surface area (Å²) in [5.74, 6) is -0.460. The molecule has 3 aromatic heterocycles. The molecule has 0 saturated carbocycles. The van der Waals surface area contributed by atoms with Gasteiger partial charge in [-0.3, -0.25) is 0 Å². The molecule has 3 heterocycles. The van der Waals surface area contributed by atoms with E-state index in [2.05, 4.69) is 90.3 Å². The fraction of sp³-hybridized carbons (Fsp3) is 0.0909. The molecular weight excluding hydrogens is 828 g/mol. The van der Waals surface area contributed by atoms with Gasteiger partial charge in [-0.1, -0.05) is 97.8 Å². The van der Waals surface area contributed by atoms with Gasteiger partial charge in [0.05, 0.1) is 8.07 Å². The van der Waals surface area contributed by atoms with Crippen molar-refractivity contribution in [1.82, 2.24) is 9.97 Å². The number of thiophene rings is 1. The molecule has 8 aromatic rings. The van der Waals surface area contributed by atoms with Crippen LogP contribution in [-0.2, 0) is 26.5 Å². The molecule has 0 amide bonds. The molecule has 0 aliphatic carbocycles. The molecule has 0 bridgehead atoms. The summed E-state index contributed by atoms with van der Waals surface area (Å²) in [6, 6.07) is 48.5. The Bertz CT molecular complexity index is 2450. The number of nitrogens with zero attached hydrogens (tertiary/aromatic N) is 2. The molecule has 0 aliphatic heterocycles. The van der Waals surface area contributed by atoms with Crippen LogP contribution in [0.1, 0.15) is 13.9 Å². The summed E-state index contributed by atoms with van der Waals surface area (Å²) in [6.45, 7) is 7.00. The Hall–Kier alpha value is -4.58. The maximum Gasteiger partial charge on any atom is 0.123 e. The second-order valence-corrected chi connectivity index (χ2v) is 18.9. The number of fused-ring (bicyclic) bond motifs is 3. The van der Waals surface area contributed by atoms with E-state index in [0.29, 0.717) is 11.3 Å². The van der Waals surface area contributed by atoms with Crippen LogP contribution in [-0.4, -0.2) is 18.0 Å². The SMILES string of the molecule is C[Si](C)(C)c1ccc(-c2[c-]cccc2)nc1.[2H]C([2H])(c1cccc(F)c1)c1ccnc(-c2[c-]ccc3c2sc2cccc(-c4ccccc4)c23)c1.[Ir]. The van der Waals surface area contributed by atoms with Crippen LogP contribution in [0.5, 0.6) is 0 Å². The van der Waals surface area contributed by atoms with E-state index in [1.165, 1.54) is 39.0 Å². The average Bonchev–Trinajstić information content (AvgIpc) is 3.55. The summed E-state index contributed by atoms with van der Waals surface area (Å²) < 4.78 is 33.4. The van der Waals surface area contributed by atoms with Crippen LogP contribution in [0, 0.1) is 17.9 Å². The van der Waals surface area contributed by atoms with E-state index in [1.54, 1.807) is 35.7 Å².